The molecule has 5 heteroatoms. The van der Waals surface area contributed by atoms with Gasteiger partial charge in [-0.25, -0.2) is 0 Å². The number of aliphatic hydroxyl groups excluding tert-OH is 1. The first-order valence-corrected chi connectivity index (χ1v) is 4.83. The van der Waals surface area contributed by atoms with Crippen molar-refractivity contribution in [3.8, 4) is 0 Å². The molecule has 0 saturated heterocycles. The Bertz CT molecular complexity index is 302. The van der Waals surface area contributed by atoms with Gasteiger partial charge in [0.05, 0.1) is 16.9 Å². The van der Waals surface area contributed by atoms with Gasteiger partial charge >= 0.3 is 0 Å². The second-order valence-electron chi connectivity index (χ2n) is 4.10. The molecule has 0 radical (unpaired) electrons. The SMILES string of the molecule is Cn1ncc(Cl)c1C(O)C(C)(C)CN. The largest absolute Gasteiger partial charge is 0.386 e. The van der Waals surface area contributed by atoms with Crippen molar-refractivity contribution in [3.05, 3.63) is 16.9 Å². The number of halogens is 1. The molecule has 0 aliphatic carbocycles. The Kier molecular flexibility index (Phi) is 3.19. The van der Waals surface area contributed by atoms with Crippen molar-refractivity contribution in [1.82, 2.24) is 9.78 Å². The van der Waals surface area contributed by atoms with Crippen LogP contribution in [-0.4, -0.2) is 21.4 Å². The second kappa shape index (κ2) is 3.88. The molecule has 3 N–H and O–H groups in total. The lowest BCUT2D eigenvalue weighted by Gasteiger charge is -2.29. The fraction of sp³-hybridized carbons (Fsp3) is 0.667. The third kappa shape index (κ3) is 1.92. The molecule has 80 valence electrons. The van der Waals surface area contributed by atoms with E-state index in [4.69, 9.17) is 17.3 Å². The van der Waals surface area contributed by atoms with Crippen LogP contribution in [0, 0.1) is 5.41 Å². The predicted octanol–water partition coefficient (Wildman–Crippen LogP) is 1.09. The first-order chi connectivity index (χ1) is 6.40. The monoisotopic (exact) mass is 217 g/mol. The van der Waals surface area contributed by atoms with Gasteiger partial charge in [0, 0.05) is 19.0 Å². The summed E-state index contributed by atoms with van der Waals surface area (Å²) in [4.78, 5) is 0. The van der Waals surface area contributed by atoms with E-state index in [1.54, 1.807) is 11.7 Å². The quantitative estimate of drug-likeness (QED) is 0.797. The number of aryl methyl sites for hydroxylation is 1. The van der Waals surface area contributed by atoms with Gasteiger partial charge in [0.25, 0.3) is 0 Å². The van der Waals surface area contributed by atoms with Crippen molar-refractivity contribution in [3.63, 3.8) is 0 Å². The van der Waals surface area contributed by atoms with Crippen molar-refractivity contribution in [2.24, 2.45) is 18.2 Å². The van der Waals surface area contributed by atoms with Gasteiger partial charge in [0.1, 0.15) is 6.10 Å². The standard InChI is InChI=1S/C9H16ClN3O/c1-9(2,5-11)8(14)7-6(10)4-12-13(7)3/h4,8,14H,5,11H2,1-3H3. The Balaban J connectivity index is 3.06. The Labute approximate surface area is 88.7 Å². The Morgan fingerprint density at radius 2 is 2.29 bits per heavy atom. The molecule has 0 aromatic carbocycles. The van der Waals surface area contributed by atoms with E-state index in [1.165, 1.54) is 6.20 Å². The van der Waals surface area contributed by atoms with Crippen molar-refractivity contribution >= 4 is 11.6 Å². The topological polar surface area (TPSA) is 64.1 Å². The Hall–Kier alpha value is -0.580. The summed E-state index contributed by atoms with van der Waals surface area (Å²) < 4.78 is 1.57. The second-order valence-corrected chi connectivity index (χ2v) is 4.50. The lowest BCUT2D eigenvalue weighted by Crippen LogP contribution is -2.32. The van der Waals surface area contributed by atoms with E-state index in [-0.39, 0.29) is 0 Å². The predicted molar refractivity (Wildman–Crippen MR) is 56.0 cm³/mol. The van der Waals surface area contributed by atoms with E-state index >= 15 is 0 Å². The molecule has 0 fully saturated rings. The molecule has 0 bridgehead atoms. The number of aromatic nitrogens is 2. The molecule has 1 unspecified atom stereocenters. The molecule has 4 nitrogen and oxygen atoms in total. The highest BCUT2D eigenvalue weighted by atomic mass is 35.5. The zero-order valence-corrected chi connectivity index (χ0v) is 9.41. The van der Waals surface area contributed by atoms with Crippen LogP contribution in [0.3, 0.4) is 0 Å². The number of hydrogen-bond acceptors (Lipinski definition) is 3. The van der Waals surface area contributed by atoms with Crippen LogP contribution in [0.15, 0.2) is 6.20 Å². The third-order valence-corrected chi connectivity index (χ3v) is 2.75. The lowest BCUT2D eigenvalue weighted by atomic mass is 9.85. The van der Waals surface area contributed by atoms with Crippen LogP contribution in [0.5, 0.6) is 0 Å². The number of hydrogen-bond donors (Lipinski definition) is 2. The first-order valence-electron chi connectivity index (χ1n) is 4.45. The van der Waals surface area contributed by atoms with E-state index in [0.717, 1.165) is 0 Å². The van der Waals surface area contributed by atoms with Gasteiger partial charge in [-0.3, -0.25) is 4.68 Å². The highest BCUT2D eigenvalue weighted by Gasteiger charge is 2.31. The molecule has 0 saturated carbocycles. The fourth-order valence-electron chi connectivity index (χ4n) is 1.21. The van der Waals surface area contributed by atoms with Crippen molar-refractivity contribution in [1.29, 1.82) is 0 Å². The van der Waals surface area contributed by atoms with Crippen molar-refractivity contribution in [2.45, 2.75) is 20.0 Å². The maximum Gasteiger partial charge on any atom is 0.103 e. The van der Waals surface area contributed by atoms with Gasteiger partial charge in [-0.2, -0.15) is 5.10 Å². The smallest absolute Gasteiger partial charge is 0.103 e. The van der Waals surface area contributed by atoms with Crippen LogP contribution >= 0.6 is 11.6 Å². The molecule has 1 aromatic heterocycles. The van der Waals surface area contributed by atoms with Gasteiger partial charge in [-0.05, 0) is 0 Å². The summed E-state index contributed by atoms with van der Waals surface area (Å²) in [6.07, 6.45) is 0.819. The molecular formula is C9H16ClN3O. The van der Waals surface area contributed by atoms with Crippen molar-refractivity contribution < 1.29 is 5.11 Å². The minimum Gasteiger partial charge on any atom is -0.386 e. The zero-order valence-electron chi connectivity index (χ0n) is 8.66. The summed E-state index contributed by atoms with van der Waals surface area (Å²) in [6, 6.07) is 0. The highest BCUT2D eigenvalue weighted by Crippen LogP contribution is 2.35. The Morgan fingerprint density at radius 1 is 1.71 bits per heavy atom. The van der Waals surface area contributed by atoms with Crippen LogP contribution in [0.1, 0.15) is 25.6 Å². The average molecular weight is 218 g/mol. The summed E-state index contributed by atoms with van der Waals surface area (Å²) in [6.45, 7) is 4.16. The normalized spacial score (nSPS) is 14.4. The van der Waals surface area contributed by atoms with E-state index in [1.807, 2.05) is 13.8 Å². The number of nitrogens with zero attached hydrogens (tertiary/aromatic N) is 2. The average Bonchev–Trinajstić information content (AvgIpc) is 2.45. The molecule has 0 aliphatic rings. The maximum atomic E-state index is 10.1. The van der Waals surface area contributed by atoms with Gasteiger partial charge in [-0.1, -0.05) is 25.4 Å². The van der Waals surface area contributed by atoms with Crippen LogP contribution in [-0.2, 0) is 7.05 Å². The Morgan fingerprint density at radius 3 is 2.64 bits per heavy atom. The minimum absolute atomic E-state index is 0.385. The molecular weight excluding hydrogens is 202 g/mol. The molecule has 0 amide bonds. The minimum atomic E-state index is -0.701. The van der Waals surface area contributed by atoms with Crippen LogP contribution in [0.4, 0.5) is 0 Å². The third-order valence-electron chi connectivity index (χ3n) is 2.46. The molecule has 14 heavy (non-hydrogen) atoms. The van der Waals surface area contributed by atoms with E-state index in [0.29, 0.717) is 17.3 Å². The number of nitrogens with two attached hydrogens (primary N) is 1. The van der Waals surface area contributed by atoms with Crippen LogP contribution in [0.2, 0.25) is 5.02 Å². The molecule has 1 rings (SSSR count). The summed E-state index contributed by atoms with van der Waals surface area (Å²) in [7, 11) is 1.75. The summed E-state index contributed by atoms with van der Waals surface area (Å²) in [5.41, 5.74) is 5.79. The van der Waals surface area contributed by atoms with E-state index in [2.05, 4.69) is 5.10 Å². The summed E-state index contributed by atoms with van der Waals surface area (Å²) in [5.74, 6) is 0. The first kappa shape index (κ1) is 11.5. The summed E-state index contributed by atoms with van der Waals surface area (Å²) in [5, 5.41) is 14.5. The van der Waals surface area contributed by atoms with Crippen molar-refractivity contribution in [2.75, 3.05) is 6.54 Å². The van der Waals surface area contributed by atoms with Gasteiger partial charge in [-0.15, -0.1) is 0 Å². The fourth-order valence-corrected chi connectivity index (χ4v) is 1.48. The van der Waals surface area contributed by atoms with Crippen LogP contribution in [0.25, 0.3) is 0 Å². The summed E-state index contributed by atoms with van der Waals surface area (Å²) >= 11 is 5.92. The number of rotatable bonds is 3. The van der Waals surface area contributed by atoms with Gasteiger partial charge in [0.2, 0.25) is 0 Å². The molecule has 1 aromatic rings. The maximum absolute atomic E-state index is 10.1. The molecule has 1 heterocycles. The number of aliphatic hydroxyl groups is 1. The highest BCUT2D eigenvalue weighted by molar-refractivity contribution is 6.31. The van der Waals surface area contributed by atoms with Crippen LogP contribution < -0.4 is 5.73 Å². The van der Waals surface area contributed by atoms with E-state index < -0.39 is 11.5 Å². The van der Waals surface area contributed by atoms with Gasteiger partial charge in [0.15, 0.2) is 0 Å². The molecule has 1 atom stereocenters. The van der Waals surface area contributed by atoms with Gasteiger partial charge < -0.3 is 10.8 Å². The lowest BCUT2D eigenvalue weighted by molar-refractivity contribution is 0.0487. The van der Waals surface area contributed by atoms with E-state index in [9.17, 15) is 5.11 Å². The molecule has 0 spiro atoms. The molecule has 0 aliphatic heterocycles. The zero-order chi connectivity index (χ0) is 10.9.